The van der Waals surface area contributed by atoms with E-state index in [1.54, 1.807) is 13.1 Å². The average molecular weight is 171 g/mol. The molecule has 1 atom stereocenters. The molecule has 12 heavy (non-hydrogen) atoms. The molecule has 0 aliphatic carbocycles. The first kappa shape index (κ1) is 11.0. The second-order valence-corrected chi connectivity index (χ2v) is 2.77. The molecule has 0 aliphatic heterocycles. The Labute approximate surface area is 73.5 Å². The Morgan fingerprint density at radius 2 is 2.33 bits per heavy atom. The molecular weight excluding hydrogens is 154 g/mol. The van der Waals surface area contributed by atoms with Gasteiger partial charge in [0.2, 0.25) is 0 Å². The number of unbranched alkanes of at least 4 members (excludes halogenated alkanes) is 2. The predicted molar refractivity (Wildman–Crippen MR) is 48.9 cm³/mol. The first-order valence-corrected chi connectivity index (χ1v) is 4.32. The number of rotatable bonds is 6. The van der Waals surface area contributed by atoms with Crippen LogP contribution in [-0.4, -0.2) is 17.1 Å². The maximum Gasteiger partial charge on any atom is 0.325 e. The lowest BCUT2D eigenvalue weighted by molar-refractivity contribution is -0.138. The molecule has 2 N–H and O–H groups in total. The second-order valence-electron chi connectivity index (χ2n) is 2.77. The summed E-state index contributed by atoms with van der Waals surface area (Å²) in [6.45, 7) is 3.74. The van der Waals surface area contributed by atoms with E-state index < -0.39 is 12.0 Å². The van der Waals surface area contributed by atoms with Gasteiger partial charge in [-0.15, -0.1) is 0 Å². The zero-order chi connectivity index (χ0) is 9.40. The molecule has 0 amide bonds. The van der Waals surface area contributed by atoms with Gasteiger partial charge < -0.3 is 10.4 Å². The minimum Gasteiger partial charge on any atom is -0.480 e. The smallest absolute Gasteiger partial charge is 0.325 e. The molecule has 0 aliphatic rings. The third-order valence-corrected chi connectivity index (χ3v) is 1.56. The van der Waals surface area contributed by atoms with Gasteiger partial charge in [0.25, 0.3) is 0 Å². The maximum atomic E-state index is 10.3. The molecule has 70 valence electrons. The molecular formula is C9H17NO2. The van der Waals surface area contributed by atoms with Crippen LogP contribution in [0.25, 0.3) is 0 Å². The van der Waals surface area contributed by atoms with Crippen molar-refractivity contribution in [1.29, 1.82) is 0 Å². The van der Waals surface area contributed by atoms with Crippen molar-refractivity contribution in [3.8, 4) is 0 Å². The van der Waals surface area contributed by atoms with Crippen LogP contribution in [0.2, 0.25) is 0 Å². The van der Waals surface area contributed by atoms with Crippen LogP contribution in [0.4, 0.5) is 0 Å². The normalized spacial score (nSPS) is 13.2. The predicted octanol–water partition coefficient (Wildman–Crippen LogP) is 1.75. The number of carboxylic acids is 1. The van der Waals surface area contributed by atoms with Crippen LogP contribution in [0, 0.1) is 0 Å². The highest BCUT2D eigenvalue weighted by Gasteiger charge is 2.05. The zero-order valence-corrected chi connectivity index (χ0v) is 7.71. The van der Waals surface area contributed by atoms with E-state index in [0.717, 1.165) is 12.8 Å². The summed E-state index contributed by atoms with van der Waals surface area (Å²) in [6, 6.07) is -0.497. The lowest BCUT2D eigenvalue weighted by atomic mass is 10.2. The van der Waals surface area contributed by atoms with E-state index >= 15 is 0 Å². The molecule has 0 spiro atoms. The number of carboxylic acid groups (broad SMARTS) is 1. The van der Waals surface area contributed by atoms with E-state index in [4.69, 9.17) is 5.11 Å². The van der Waals surface area contributed by atoms with Gasteiger partial charge >= 0.3 is 5.97 Å². The minimum absolute atomic E-state index is 0.497. The Morgan fingerprint density at radius 1 is 1.67 bits per heavy atom. The third kappa shape index (κ3) is 5.77. The molecule has 0 fully saturated rings. The summed E-state index contributed by atoms with van der Waals surface area (Å²) in [5, 5.41) is 11.2. The molecule has 0 aromatic carbocycles. The zero-order valence-electron chi connectivity index (χ0n) is 7.71. The summed E-state index contributed by atoms with van der Waals surface area (Å²) >= 11 is 0. The quantitative estimate of drug-likeness (QED) is 0.598. The van der Waals surface area contributed by atoms with Gasteiger partial charge in [0.15, 0.2) is 0 Å². The van der Waals surface area contributed by atoms with Crippen molar-refractivity contribution in [3.05, 3.63) is 12.3 Å². The van der Waals surface area contributed by atoms with E-state index in [1.807, 2.05) is 6.08 Å². The van der Waals surface area contributed by atoms with Gasteiger partial charge in [-0.3, -0.25) is 4.79 Å². The molecule has 0 aromatic heterocycles. The fourth-order valence-corrected chi connectivity index (χ4v) is 0.689. The highest BCUT2D eigenvalue weighted by Crippen LogP contribution is 1.93. The van der Waals surface area contributed by atoms with Crippen LogP contribution in [0.1, 0.15) is 33.1 Å². The highest BCUT2D eigenvalue weighted by atomic mass is 16.4. The summed E-state index contributed by atoms with van der Waals surface area (Å²) < 4.78 is 0. The summed E-state index contributed by atoms with van der Waals surface area (Å²) in [5.74, 6) is -0.824. The molecule has 3 nitrogen and oxygen atoms in total. The standard InChI is InChI=1S/C9H17NO2/c1-3-4-5-6-7-10-8(2)9(11)12/h6-8,10H,3-5H2,1-2H3,(H,11,12)/b7-6+/t8-/m0/s1. The van der Waals surface area contributed by atoms with E-state index in [1.165, 1.54) is 6.42 Å². The minimum atomic E-state index is -0.824. The highest BCUT2D eigenvalue weighted by molar-refractivity contribution is 5.72. The van der Waals surface area contributed by atoms with Crippen LogP contribution in [0.3, 0.4) is 0 Å². The average Bonchev–Trinajstić information content (AvgIpc) is 2.03. The largest absolute Gasteiger partial charge is 0.480 e. The number of nitrogens with one attached hydrogen (secondary N) is 1. The Morgan fingerprint density at radius 3 is 2.83 bits per heavy atom. The van der Waals surface area contributed by atoms with Crippen molar-refractivity contribution in [2.45, 2.75) is 39.2 Å². The van der Waals surface area contributed by atoms with Gasteiger partial charge in [0.05, 0.1) is 0 Å². The summed E-state index contributed by atoms with van der Waals surface area (Å²) in [7, 11) is 0. The number of carbonyl (C=O) groups is 1. The van der Waals surface area contributed by atoms with E-state index in [2.05, 4.69) is 12.2 Å². The van der Waals surface area contributed by atoms with Crippen molar-refractivity contribution in [1.82, 2.24) is 5.32 Å². The molecule has 0 saturated heterocycles. The molecule has 0 aromatic rings. The van der Waals surface area contributed by atoms with E-state index in [9.17, 15) is 4.79 Å². The van der Waals surface area contributed by atoms with Gasteiger partial charge in [0.1, 0.15) is 6.04 Å². The molecule has 0 unspecified atom stereocenters. The van der Waals surface area contributed by atoms with Gasteiger partial charge in [0, 0.05) is 0 Å². The van der Waals surface area contributed by atoms with E-state index in [-0.39, 0.29) is 0 Å². The first-order chi connectivity index (χ1) is 5.68. The second kappa shape index (κ2) is 6.70. The van der Waals surface area contributed by atoms with Crippen LogP contribution in [-0.2, 0) is 4.79 Å². The molecule has 0 saturated carbocycles. The van der Waals surface area contributed by atoms with Gasteiger partial charge in [-0.1, -0.05) is 25.8 Å². The fraction of sp³-hybridized carbons (Fsp3) is 0.667. The van der Waals surface area contributed by atoms with Crippen molar-refractivity contribution >= 4 is 5.97 Å². The molecule has 0 heterocycles. The summed E-state index contributed by atoms with van der Waals surface area (Å²) in [6.07, 6.45) is 7.01. The lowest BCUT2D eigenvalue weighted by Gasteiger charge is -2.04. The number of aliphatic carboxylic acids is 1. The van der Waals surface area contributed by atoms with Crippen LogP contribution in [0.15, 0.2) is 12.3 Å². The van der Waals surface area contributed by atoms with Gasteiger partial charge in [-0.25, -0.2) is 0 Å². The summed E-state index contributed by atoms with van der Waals surface area (Å²) in [5.41, 5.74) is 0. The van der Waals surface area contributed by atoms with Gasteiger partial charge in [-0.2, -0.15) is 0 Å². The lowest BCUT2D eigenvalue weighted by Crippen LogP contribution is -2.29. The Hall–Kier alpha value is -0.990. The van der Waals surface area contributed by atoms with Crippen LogP contribution in [0.5, 0.6) is 0 Å². The van der Waals surface area contributed by atoms with Crippen molar-refractivity contribution in [3.63, 3.8) is 0 Å². The molecule has 0 radical (unpaired) electrons. The monoisotopic (exact) mass is 171 g/mol. The van der Waals surface area contributed by atoms with E-state index in [0.29, 0.717) is 0 Å². The number of hydrogen-bond donors (Lipinski definition) is 2. The number of allylic oxidation sites excluding steroid dienone is 1. The molecule has 0 rings (SSSR count). The topological polar surface area (TPSA) is 49.3 Å². The maximum absolute atomic E-state index is 10.3. The van der Waals surface area contributed by atoms with Crippen molar-refractivity contribution in [2.75, 3.05) is 0 Å². The fourth-order valence-electron chi connectivity index (χ4n) is 0.689. The van der Waals surface area contributed by atoms with Crippen LogP contribution >= 0.6 is 0 Å². The van der Waals surface area contributed by atoms with Crippen molar-refractivity contribution < 1.29 is 9.90 Å². The van der Waals surface area contributed by atoms with Crippen molar-refractivity contribution in [2.24, 2.45) is 0 Å². The van der Waals surface area contributed by atoms with Gasteiger partial charge in [-0.05, 0) is 19.5 Å². The molecule has 3 heteroatoms. The third-order valence-electron chi connectivity index (χ3n) is 1.56. The number of hydrogen-bond acceptors (Lipinski definition) is 2. The molecule has 0 bridgehead atoms. The Balaban J connectivity index is 3.40. The Bertz CT molecular complexity index is 155. The first-order valence-electron chi connectivity index (χ1n) is 4.32. The SMILES string of the molecule is CCCC/C=C/N[C@@H](C)C(=O)O. The summed E-state index contributed by atoms with van der Waals surface area (Å²) in [4.78, 5) is 10.3. The van der Waals surface area contributed by atoms with Crippen LogP contribution < -0.4 is 5.32 Å². The Kier molecular flexibility index (Phi) is 6.15.